The molecule has 0 saturated carbocycles. The summed E-state index contributed by atoms with van der Waals surface area (Å²) < 4.78 is 24.4. The number of ether oxygens (including phenoxy) is 2. The molecule has 1 aromatic carbocycles. The number of methoxy groups -OCH3 is 1. The van der Waals surface area contributed by atoms with Crippen LogP contribution in [0, 0.1) is 5.82 Å². The van der Waals surface area contributed by atoms with Crippen molar-refractivity contribution in [3.05, 3.63) is 35.6 Å². The predicted molar refractivity (Wildman–Crippen MR) is 80.3 cm³/mol. The Morgan fingerprint density at radius 1 is 1.32 bits per heavy atom. The van der Waals surface area contributed by atoms with Gasteiger partial charge in [-0.2, -0.15) is 0 Å². The van der Waals surface area contributed by atoms with Gasteiger partial charge in [0.15, 0.2) is 0 Å². The summed E-state index contributed by atoms with van der Waals surface area (Å²) in [5.41, 5.74) is 0.398. The Balaban J connectivity index is 1.61. The molecule has 1 amide bonds. The van der Waals surface area contributed by atoms with E-state index in [-0.39, 0.29) is 23.4 Å². The fourth-order valence-corrected chi connectivity index (χ4v) is 3.42. The van der Waals surface area contributed by atoms with Crippen LogP contribution in [0.3, 0.4) is 0 Å². The van der Waals surface area contributed by atoms with E-state index in [1.54, 1.807) is 19.2 Å². The minimum Gasteiger partial charge on any atom is -0.381 e. The topological polar surface area (TPSA) is 38.8 Å². The van der Waals surface area contributed by atoms with Crippen molar-refractivity contribution in [2.75, 3.05) is 26.8 Å². The lowest BCUT2D eigenvalue weighted by molar-refractivity contribution is -0.146. The lowest BCUT2D eigenvalue weighted by Gasteiger charge is -2.45. The van der Waals surface area contributed by atoms with Crippen LogP contribution in [0.1, 0.15) is 36.0 Å². The molecule has 22 heavy (non-hydrogen) atoms. The maximum atomic E-state index is 12.9. The summed E-state index contributed by atoms with van der Waals surface area (Å²) in [5.74, 6) is -0.357. The highest BCUT2D eigenvalue weighted by Gasteiger charge is 2.41. The first-order valence-corrected chi connectivity index (χ1v) is 7.83. The molecule has 3 rings (SSSR count). The van der Waals surface area contributed by atoms with Gasteiger partial charge in [0.2, 0.25) is 0 Å². The number of rotatable bonds is 2. The minimum absolute atomic E-state index is 0.0334. The SMILES string of the molecule is COC1CCOC2(CCN(C(=O)c3ccc(F)cc3)CC2)C1. The van der Waals surface area contributed by atoms with Crippen LogP contribution >= 0.6 is 0 Å². The lowest BCUT2D eigenvalue weighted by Crippen LogP contribution is -2.51. The van der Waals surface area contributed by atoms with Gasteiger partial charge in [0.25, 0.3) is 5.91 Å². The summed E-state index contributed by atoms with van der Waals surface area (Å²) in [7, 11) is 1.75. The van der Waals surface area contributed by atoms with Crippen molar-refractivity contribution in [1.82, 2.24) is 4.90 Å². The molecule has 2 heterocycles. The van der Waals surface area contributed by atoms with Crippen molar-refractivity contribution in [1.29, 1.82) is 0 Å². The van der Waals surface area contributed by atoms with Crippen molar-refractivity contribution in [3.63, 3.8) is 0 Å². The number of carbonyl (C=O) groups is 1. The fraction of sp³-hybridized carbons (Fsp3) is 0.588. The normalized spacial score (nSPS) is 24.5. The van der Waals surface area contributed by atoms with Crippen LogP contribution in [-0.2, 0) is 9.47 Å². The quantitative estimate of drug-likeness (QED) is 0.843. The van der Waals surface area contributed by atoms with Crippen LogP contribution in [0.5, 0.6) is 0 Å². The first-order valence-electron chi connectivity index (χ1n) is 7.83. The molecular weight excluding hydrogens is 285 g/mol. The maximum Gasteiger partial charge on any atom is 0.253 e. The zero-order chi connectivity index (χ0) is 15.6. The second kappa shape index (κ2) is 6.34. The Hall–Kier alpha value is -1.46. The van der Waals surface area contributed by atoms with Crippen LogP contribution in [0.25, 0.3) is 0 Å². The van der Waals surface area contributed by atoms with Gasteiger partial charge in [-0.25, -0.2) is 4.39 Å². The molecule has 1 atom stereocenters. The van der Waals surface area contributed by atoms with E-state index in [1.165, 1.54) is 12.1 Å². The Kier molecular flexibility index (Phi) is 4.45. The first kappa shape index (κ1) is 15.4. The van der Waals surface area contributed by atoms with Crippen LogP contribution in [0.4, 0.5) is 4.39 Å². The van der Waals surface area contributed by atoms with Gasteiger partial charge in [0.1, 0.15) is 5.82 Å². The molecule has 2 aliphatic heterocycles. The number of amides is 1. The molecule has 1 unspecified atom stereocenters. The van der Waals surface area contributed by atoms with Crippen LogP contribution in [0.2, 0.25) is 0 Å². The third-order valence-corrected chi connectivity index (χ3v) is 4.83. The second-order valence-electron chi connectivity index (χ2n) is 6.18. The van der Waals surface area contributed by atoms with Gasteiger partial charge in [0, 0.05) is 38.8 Å². The number of carbonyl (C=O) groups excluding carboxylic acids is 1. The smallest absolute Gasteiger partial charge is 0.253 e. The highest BCUT2D eigenvalue weighted by Crippen LogP contribution is 2.36. The summed E-state index contributed by atoms with van der Waals surface area (Å²) in [6.45, 7) is 2.07. The van der Waals surface area contributed by atoms with Crippen LogP contribution in [-0.4, -0.2) is 49.3 Å². The molecule has 120 valence electrons. The Bertz CT molecular complexity index is 523. The third kappa shape index (κ3) is 3.15. The molecule has 0 aliphatic carbocycles. The van der Waals surface area contributed by atoms with Crippen LogP contribution in [0.15, 0.2) is 24.3 Å². The Labute approximate surface area is 130 Å². The molecule has 0 N–H and O–H groups in total. The van der Waals surface area contributed by atoms with E-state index in [4.69, 9.17) is 9.47 Å². The van der Waals surface area contributed by atoms with Gasteiger partial charge >= 0.3 is 0 Å². The molecule has 0 aromatic heterocycles. The number of likely N-dealkylation sites (tertiary alicyclic amines) is 1. The highest BCUT2D eigenvalue weighted by molar-refractivity contribution is 5.94. The molecule has 2 aliphatic rings. The van der Waals surface area contributed by atoms with E-state index >= 15 is 0 Å². The van der Waals surface area contributed by atoms with Gasteiger partial charge in [-0.3, -0.25) is 4.79 Å². The summed E-state index contributed by atoms with van der Waals surface area (Å²) in [6, 6.07) is 5.73. The molecule has 5 heteroatoms. The monoisotopic (exact) mass is 307 g/mol. The molecule has 2 fully saturated rings. The van der Waals surface area contributed by atoms with E-state index in [2.05, 4.69) is 0 Å². The van der Waals surface area contributed by atoms with Gasteiger partial charge in [-0.1, -0.05) is 0 Å². The van der Waals surface area contributed by atoms with Gasteiger partial charge in [-0.05, 0) is 43.5 Å². The van der Waals surface area contributed by atoms with Gasteiger partial charge in [-0.15, -0.1) is 0 Å². The number of benzene rings is 1. The van der Waals surface area contributed by atoms with Crippen molar-refractivity contribution in [3.8, 4) is 0 Å². The fourth-order valence-electron chi connectivity index (χ4n) is 3.42. The van der Waals surface area contributed by atoms with E-state index in [9.17, 15) is 9.18 Å². The standard InChI is InChI=1S/C17H22FNO3/c1-21-15-6-11-22-17(12-15)7-9-19(10-8-17)16(20)13-2-4-14(18)5-3-13/h2-5,15H,6-12H2,1H3. The molecule has 0 bridgehead atoms. The largest absolute Gasteiger partial charge is 0.381 e. The van der Waals surface area contributed by atoms with E-state index in [0.29, 0.717) is 18.7 Å². The first-order chi connectivity index (χ1) is 10.6. The zero-order valence-electron chi connectivity index (χ0n) is 12.9. The average Bonchev–Trinajstić information content (AvgIpc) is 2.56. The average molecular weight is 307 g/mol. The van der Waals surface area contributed by atoms with Crippen molar-refractivity contribution >= 4 is 5.91 Å². The Morgan fingerprint density at radius 2 is 2.00 bits per heavy atom. The molecule has 2 saturated heterocycles. The highest BCUT2D eigenvalue weighted by atomic mass is 19.1. The number of piperidine rings is 1. The van der Waals surface area contributed by atoms with Crippen molar-refractivity contribution < 1.29 is 18.7 Å². The number of hydrogen-bond donors (Lipinski definition) is 0. The molecule has 1 spiro atoms. The van der Waals surface area contributed by atoms with Gasteiger partial charge < -0.3 is 14.4 Å². The minimum atomic E-state index is -0.324. The summed E-state index contributed by atoms with van der Waals surface area (Å²) in [4.78, 5) is 14.3. The number of nitrogens with zero attached hydrogens (tertiary/aromatic N) is 1. The van der Waals surface area contributed by atoms with E-state index in [1.807, 2.05) is 4.90 Å². The molecule has 1 aromatic rings. The van der Waals surface area contributed by atoms with Gasteiger partial charge in [0.05, 0.1) is 11.7 Å². The number of halogens is 1. The lowest BCUT2D eigenvalue weighted by atomic mass is 9.83. The molecule has 0 radical (unpaired) electrons. The Morgan fingerprint density at radius 3 is 2.64 bits per heavy atom. The summed E-state index contributed by atoms with van der Waals surface area (Å²) >= 11 is 0. The number of hydrogen-bond acceptors (Lipinski definition) is 3. The third-order valence-electron chi connectivity index (χ3n) is 4.83. The summed E-state index contributed by atoms with van der Waals surface area (Å²) in [6.07, 6.45) is 3.77. The van der Waals surface area contributed by atoms with E-state index in [0.717, 1.165) is 32.3 Å². The van der Waals surface area contributed by atoms with Crippen molar-refractivity contribution in [2.24, 2.45) is 0 Å². The second-order valence-corrected chi connectivity index (χ2v) is 6.18. The van der Waals surface area contributed by atoms with Crippen molar-refractivity contribution in [2.45, 2.75) is 37.4 Å². The zero-order valence-corrected chi connectivity index (χ0v) is 12.9. The molecular formula is C17H22FNO3. The van der Waals surface area contributed by atoms with E-state index < -0.39 is 0 Å². The predicted octanol–water partition coefficient (Wildman–Crippen LogP) is 2.63. The maximum absolute atomic E-state index is 12.9. The molecule has 4 nitrogen and oxygen atoms in total. The van der Waals surface area contributed by atoms with Crippen LogP contribution < -0.4 is 0 Å². The summed E-state index contributed by atoms with van der Waals surface area (Å²) in [5, 5.41) is 0.